The first-order valence-electron chi connectivity index (χ1n) is 8.56. The summed E-state index contributed by atoms with van der Waals surface area (Å²) in [5.41, 5.74) is 1.69. The van der Waals surface area contributed by atoms with Crippen LogP contribution in [0.1, 0.15) is 59.1 Å². The minimum atomic E-state index is 0.244. The summed E-state index contributed by atoms with van der Waals surface area (Å²) in [6.45, 7) is 13.9. The lowest BCUT2D eigenvalue weighted by Crippen LogP contribution is -2.62. The average Bonchev–Trinajstić information content (AvgIpc) is 2.49. The molecule has 3 unspecified atom stereocenters. The molecule has 0 aliphatic carbocycles. The number of hydrogen-bond donors (Lipinski definition) is 1. The average molecular weight is 288 g/mol. The van der Waals surface area contributed by atoms with E-state index in [1.165, 1.54) is 18.4 Å². The second-order valence-electron chi connectivity index (χ2n) is 7.11. The number of hydrogen-bond acceptors (Lipinski definition) is 2. The zero-order chi connectivity index (χ0) is 15.5. The fourth-order valence-electron chi connectivity index (χ4n) is 3.69. The Morgan fingerprint density at radius 3 is 2.43 bits per heavy atom. The lowest BCUT2D eigenvalue weighted by Gasteiger charge is -2.50. The molecule has 0 amide bonds. The van der Waals surface area contributed by atoms with Gasteiger partial charge < -0.3 is 5.32 Å². The van der Waals surface area contributed by atoms with Crippen molar-refractivity contribution in [3.63, 3.8) is 0 Å². The Bertz CT molecular complexity index is 428. The summed E-state index contributed by atoms with van der Waals surface area (Å²) in [4.78, 5) is 2.76. The fourth-order valence-corrected chi connectivity index (χ4v) is 3.69. The van der Waals surface area contributed by atoms with Crippen LogP contribution in [0, 0.1) is 5.92 Å². The van der Waals surface area contributed by atoms with Crippen LogP contribution < -0.4 is 5.32 Å². The Morgan fingerprint density at radius 1 is 1.24 bits per heavy atom. The summed E-state index contributed by atoms with van der Waals surface area (Å²) in [7, 11) is 0. The van der Waals surface area contributed by atoms with Crippen molar-refractivity contribution in [2.45, 2.75) is 65.1 Å². The van der Waals surface area contributed by atoms with Crippen molar-refractivity contribution in [2.75, 3.05) is 13.1 Å². The Labute approximate surface area is 130 Å². The fraction of sp³-hybridized carbons (Fsp3) is 0.684. The molecular formula is C19H32N2. The molecule has 1 N–H and O–H groups in total. The zero-order valence-corrected chi connectivity index (χ0v) is 14.4. The van der Waals surface area contributed by atoms with E-state index in [1.54, 1.807) is 0 Å². The molecule has 1 aromatic rings. The molecule has 0 aromatic heterocycles. The van der Waals surface area contributed by atoms with E-state index in [1.807, 2.05) is 0 Å². The van der Waals surface area contributed by atoms with Crippen LogP contribution in [-0.4, -0.2) is 29.6 Å². The van der Waals surface area contributed by atoms with Crippen LogP contribution in [0.4, 0.5) is 0 Å². The number of nitrogens with zero attached hydrogens (tertiary/aromatic N) is 1. The summed E-state index contributed by atoms with van der Waals surface area (Å²) in [5, 5.41) is 3.80. The maximum absolute atomic E-state index is 3.80. The molecule has 0 saturated carbocycles. The summed E-state index contributed by atoms with van der Waals surface area (Å²) in [5.74, 6) is 0.695. The smallest absolute Gasteiger partial charge is 0.0476 e. The van der Waals surface area contributed by atoms with Crippen molar-refractivity contribution < 1.29 is 0 Å². The Morgan fingerprint density at radius 2 is 1.90 bits per heavy atom. The summed E-state index contributed by atoms with van der Waals surface area (Å²) in [6.07, 6.45) is 2.40. The number of piperazine rings is 1. The molecule has 118 valence electrons. The molecule has 21 heavy (non-hydrogen) atoms. The van der Waals surface area contributed by atoms with Gasteiger partial charge in [0.2, 0.25) is 0 Å². The van der Waals surface area contributed by atoms with Crippen molar-refractivity contribution in [1.82, 2.24) is 10.2 Å². The van der Waals surface area contributed by atoms with Crippen molar-refractivity contribution in [2.24, 2.45) is 5.92 Å². The third-order valence-corrected chi connectivity index (χ3v) is 5.23. The largest absolute Gasteiger partial charge is 0.308 e. The maximum Gasteiger partial charge on any atom is 0.0476 e. The third kappa shape index (κ3) is 3.67. The van der Waals surface area contributed by atoms with Crippen LogP contribution >= 0.6 is 0 Å². The van der Waals surface area contributed by atoms with Crippen LogP contribution in [0.15, 0.2) is 30.3 Å². The molecule has 0 bridgehead atoms. The molecular weight excluding hydrogens is 256 g/mol. The second-order valence-corrected chi connectivity index (χ2v) is 7.11. The topological polar surface area (TPSA) is 15.3 Å². The SMILES string of the molecule is CCC(C(C)C)N1CC(C)(CC)NCC1c1ccccc1. The molecule has 1 heterocycles. The van der Waals surface area contributed by atoms with E-state index in [9.17, 15) is 0 Å². The first-order chi connectivity index (χ1) is 10.0. The molecule has 2 heteroatoms. The van der Waals surface area contributed by atoms with Gasteiger partial charge >= 0.3 is 0 Å². The van der Waals surface area contributed by atoms with Gasteiger partial charge in [-0.15, -0.1) is 0 Å². The normalized spacial score (nSPS) is 28.8. The van der Waals surface area contributed by atoms with Gasteiger partial charge in [0, 0.05) is 30.7 Å². The monoisotopic (exact) mass is 288 g/mol. The van der Waals surface area contributed by atoms with Crippen LogP contribution in [0.3, 0.4) is 0 Å². The predicted molar refractivity (Wildman–Crippen MR) is 91.5 cm³/mol. The van der Waals surface area contributed by atoms with Gasteiger partial charge in [0.25, 0.3) is 0 Å². The molecule has 1 aliphatic rings. The van der Waals surface area contributed by atoms with Gasteiger partial charge in [-0.25, -0.2) is 0 Å². The van der Waals surface area contributed by atoms with Gasteiger partial charge in [0.05, 0.1) is 0 Å². The summed E-state index contributed by atoms with van der Waals surface area (Å²) in [6, 6.07) is 12.2. The van der Waals surface area contributed by atoms with Crippen LogP contribution in [0.2, 0.25) is 0 Å². The lowest BCUT2D eigenvalue weighted by molar-refractivity contribution is 0.0251. The summed E-state index contributed by atoms with van der Waals surface area (Å²) < 4.78 is 0. The first kappa shape index (κ1) is 16.5. The predicted octanol–water partition coefficient (Wildman–Crippen LogP) is 4.24. The minimum Gasteiger partial charge on any atom is -0.308 e. The second kappa shape index (κ2) is 6.93. The lowest BCUT2D eigenvalue weighted by atomic mass is 9.87. The molecule has 3 atom stereocenters. The van der Waals surface area contributed by atoms with Gasteiger partial charge in [-0.05, 0) is 31.2 Å². The van der Waals surface area contributed by atoms with Gasteiger partial charge in [-0.2, -0.15) is 0 Å². The van der Waals surface area contributed by atoms with Crippen molar-refractivity contribution in [3.05, 3.63) is 35.9 Å². The molecule has 2 nitrogen and oxygen atoms in total. The minimum absolute atomic E-state index is 0.244. The number of rotatable bonds is 5. The maximum atomic E-state index is 3.80. The highest BCUT2D eigenvalue weighted by Crippen LogP contribution is 2.33. The Kier molecular flexibility index (Phi) is 5.45. The zero-order valence-electron chi connectivity index (χ0n) is 14.4. The van der Waals surface area contributed by atoms with Gasteiger partial charge in [-0.1, -0.05) is 58.0 Å². The molecule has 1 aromatic carbocycles. The van der Waals surface area contributed by atoms with Gasteiger partial charge in [-0.3, -0.25) is 4.90 Å². The highest BCUT2D eigenvalue weighted by molar-refractivity contribution is 5.21. The van der Waals surface area contributed by atoms with Crippen molar-refractivity contribution in [3.8, 4) is 0 Å². The summed E-state index contributed by atoms with van der Waals surface area (Å²) >= 11 is 0. The van der Waals surface area contributed by atoms with Crippen LogP contribution in [-0.2, 0) is 0 Å². The van der Waals surface area contributed by atoms with Crippen molar-refractivity contribution in [1.29, 1.82) is 0 Å². The van der Waals surface area contributed by atoms with E-state index in [0.717, 1.165) is 13.1 Å². The highest BCUT2D eigenvalue weighted by Gasteiger charge is 2.38. The quantitative estimate of drug-likeness (QED) is 0.872. The van der Waals surface area contributed by atoms with E-state index in [0.29, 0.717) is 18.0 Å². The molecule has 1 fully saturated rings. The first-order valence-corrected chi connectivity index (χ1v) is 8.56. The van der Waals surface area contributed by atoms with E-state index < -0.39 is 0 Å². The Balaban J connectivity index is 2.30. The number of nitrogens with one attached hydrogen (secondary N) is 1. The van der Waals surface area contributed by atoms with Gasteiger partial charge in [0.1, 0.15) is 0 Å². The van der Waals surface area contributed by atoms with Gasteiger partial charge in [0.15, 0.2) is 0 Å². The van der Waals surface area contributed by atoms with E-state index in [4.69, 9.17) is 0 Å². The molecule has 1 saturated heterocycles. The van der Waals surface area contributed by atoms with E-state index in [-0.39, 0.29) is 5.54 Å². The van der Waals surface area contributed by atoms with E-state index >= 15 is 0 Å². The number of benzene rings is 1. The Hall–Kier alpha value is -0.860. The van der Waals surface area contributed by atoms with Crippen molar-refractivity contribution >= 4 is 0 Å². The molecule has 2 rings (SSSR count). The van der Waals surface area contributed by atoms with Crippen LogP contribution in [0.5, 0.6) is 0 Å². The third-order valence-electron chi connectivity index (χ3n) is 5.23. The van der Waals surface area contributed by atoms with Crippen LogP contribution in [0.25, 0.3) is 0 Å². The molecule has 0 spiro atoms. The molecule has 1 aliphatic heterocycles. The molecule has 0 radical (unpaired) electrons. The highest BCUT2D eigenvalue weighted by atomic mass is 15.3. The van der Waals surface area contributed by atoms with E-state index in [2.05, 4.69) is 75.2 Å². The standard InChI is InChI=1S/C19H32N2/c1-6-17(15(3)4)21-14-19(5,7-2)20-13-18(21)16-11-9-8-10-12-16/h8-12,15,17-18,20H,6-7,13-14H2,1-5H3.